The fourth-order valence-corrected chi connectivity index (χ4v) is 1.66. The highest BCUT2D eigenvalue weighted by molar-refractivity contribution is 6.60. The average molecular weight is 323 g/mol. The van der Waals surface area contributed by atoms with Gasteiger partial charge in [0.15, 0.2) is 0 Å². The van der Waals surface area contributed by atoms with E-state index in [1.165, 1.54) is 0 Å². The number of hydrogen-bond donors (Lipinski definition) is 3. The van der Waals surface area contributed by atoms with Gasteiger partial charge in [0, 0.05) is 19.2 Å². The van der Waals surface area contributed by atoms with Crippen molar-refractivity contribution in [1.29, 1.82) is 0 Å². The Bertz CT molecular complexity index is 510. The summed E-state index contributed by atoms with van der Waals surface area (Å²) < 4.78 is 10.4. The second-order valence-electron chi connectivity index (χ2n) is 6.41. The largest absolute Gasteiger partial charge is 0.491 e. The summed E-state index contributed by atoms with van der Waals surface area (Å²) in [4.78, 5) is 11.9. The van der Waals surface area contributed by atoms with Gasteiger partial charge >= 0.3 is 7.12 Å². The van der Waals surface area contributed by atoms with Crippen molar-refractivity contribution in [2.75, 3.05) is 20.3 Å². The highest BCUT2D eigenvalue weighted by Gasteiger charge is 2.39. The van der Waals surface area contributed by atoms with Gasteiger partial charge in [-0.1, -0.05) is 12.1 Å². The van der Waals surface area contributed by atoms with Gasteiger partial charge in [0.05, 0.1) is 17.8 Å². The average Bonchev–Trinajstić information content (AvgIpc) is 2.46. The number of ether oxygens (including phenoxy) is 1. The molecule has 0 aliphatic carbocycles. The molecule has 0 saturated carbocycles. The first-order valence-electron chi connectivity index (χ1n) is 7.54. The maximum atomic E-state index is 11.9. The summed E-state index contributed by atoms with van der Waals surface area (Å²) in [6.07, 6.45) is 0. The molecule has 6 nitrogen and oxygen atoms in total. The van der Waals surface area contributed by atoms with E-state index in [1.54, 1.807) is 59.1 Å². The quantitative estimate of drug-likeness (QED) is 0.474. The van der Waals surface area contributed by atoms with Crippen LogP contribution in [0.1, 0.15) is 38.1 Å². The summed E-state index contributed by atoms with van der Waals surface area (Å²) in [6, 6.07) is 6.47. The van der Waals surface area contributed by atoms with Crippen molar-refractivity contribution in [1.82, 2.24) is 5.32 Å². The molecule has 0 aliphatic heterocycles. The van der Waals surface area contributed by atoms with Crippen LogP contribution in [-0.2, 0) is 9.39 Å². The van der Waals surface area contributed by atoms with Crippen molar-refractivity contribution in [3.63, 3.8) is 0 Å². The molecule has 0 heterocycles. The van der Waals surface area contributed by atoms with Crippen molar-refractivity contribution in [2.45, 2.75) is 38.9 Å². The van der Waals surface area contributed by atoms with E-state index in [4.69, 9.17) is 9.39 Å². The monoisotopic (exact) mass is 323 g/mol. The number of rotatable bonds is 8. The number of carbonyl (C=O) groups excluding carboxylic acids is 1. The summed E-state index contributed by atoms with van der Waals surface area (Å²) in [5.41, 5.74) is -1.06. The summed E-state index contributed by atoms with van der Waals surface area (Å²) in [6.45, 7) is 7.52. The van der Waals surface area contributed by atoms with E-state index in [2.05, 4.69) is 5.32 Å². The van der Waals surface area contributed by atoms with E-state index < -0.39 is 18.3 Å². The molecule has 0 unspecified atom stereocenters. The lowest BCUT2D eigenvalue weighted by Crippen LogP contribution is -2.53. The van der Waals surface area contributed by atoms with Crippen LogP contribution in [0.3, 0.4) is 0 Å². The molecule has 128 valence electrons. The molecule has 1 amide bonds. The van der Waals surface area contributed by atoms with E-state index in [1.807, 2.05) is 0 Å². The van der Waals surface area contributed by atoms with E-state index >= 15 is 0 Å². The lowest BCUT2D eigenvalue weighted by atomic mass is 9.76. The summed E-state index contributed by atoms with van der Waals surface area (Å²) in [5.74, 6) is -0.208. The van der Waals surface area contributed by atoms with E-state index in [9.17, 15) is 14.9 Å². The molecule has 1 aromatic rings. The Hall–Kier alpha value is -1.41. The molecule has 23 heavy (non-hydrogen) atoms. The third kappa shape index (κ3) is 5.62. The second kappa shape index (κ2) is 7.92. The molecule has 1 rings (SSSR count). The molecule has 0 aromatic heterocycles. The van der Waals surface area contributed by atoms with Crippen molar-refractivity contribution >= 4 is 18.5 Å². The predicted molar refractivity (Wildman–Crippen MR) is 89.7 cm³/mol. The predicted octanol–water partition coefficient (Wildman–Crippen LogP) is 0.316. The zero-order chi connectivity index (χ0) is 17.7. The van der Waals surface area contributed by atoms with Gasteiger partial charge in [0.2, 0.25) is 0 Å². The van der Waals surface area contributed by atoms with Crippen LogP contribution >= 0.6 is 0 Å². The van der Waals surface area contributed by atoms with Crippen molar-refractivity contribution in [2.24, 2.45) is 0 Å². The minimum Gasteiger partial charge on any atom is -0.423 e. The molecular formula is C16H26BNO5. The Morgan fingerprint density at radius 3 is 2.26 bits per heavy atom. The Labute approximate surface area is 138 Å². The number of aliphatic hydroxyl groups is 1. The second-order valence-corrected chi connectivity index (χ2v) is 6.41. The number of nitrogens with one attached hydrogen (secondary N) is 1. The normalized spacial score (nSPS) is 12.1. The van der Waals surface area contributed by atoms with Gasteiger partial charge < -0.3 is 24.8 Å². The lowest BCUT2D eigenvalue weighted by molar-refractivity contribution is -0.0982. The molecule has 7 heteroatoms. The van der Waals surface area contributed by atoms with Gasteiger partial charge in [0.25, 0.3) is 5.91 Å². The summed E-state index contributed by atoms with van der Waals surface area (Å²) in [5, 5.41) is 22.9. The molecule has 0 atom stereocenters. The maximum Gasteiger partial charge on any atom is 0.491 e. The van der Waals surface area contributed by atoms with Crippen LogP contribution in [0, 0.1) is 0 Å². The standard InChI is InChI=1S/C16H26BNO5/c1-15(2,20)16(3,4)23-17(21)13-8-6-12(7-9-13)14(19)18-10-11-22-5/h6-9,20-21H,10-11H2,1-5H3,(H,18,19). The maximum absolute atomic E-state index is 11.9. The molecular weight excluding hydrogens is 297 g/mol. The van der Waals surface area contributed by atoms with E-state index in [0.29, 0.717) is 24.2 Å². The minimum atomic E-state index is -1.19. The summed E-state index contributed by atoms with van der Waals surface area (Å²) >= 11 is 0. The van der Waals surface area contributed by atoms with Crippen LogP contribution in [0.5, 0.6) is 0 Å². The first-order valence-corrected chi connectivity index (χ1v) is 7.54. The highest BCUT2D eigenvalue weighted by atomic mass is 16.5. The zero-order valence-electron chi connectivity index (χ0n) is 14.4. The van der Waals surface area contributed by atoms with Crippen molar-refractivity contribution in [3.8, 4) is 0 Å². The molecule has 0 spiro atoms. The molecule has 0 bridgehead atoms. The third-order valence-electron chi connectivity index (χ3n) is 3.93. The van der Waals surface area contributed by atoms with Crippen LogP contribution in [0.25, 0.3) is 0 Å². The fraction of sp³-hybridized carbons (Fsp3) is 0.562. The lowest BCUT2D eigenvalue weighted by Gasteiger charge is -2.38. The number of hydrogen-bond acceptors (Lipinski definition) is 5. The Morgan fingerprint density at radius 2 is 1.78 bits per heavy atom. The number of carbonyl (C=O) groups is 1. The minimum absolute atomic E-state index is 0.208. The third-order valence-corrected chi connectivity index (χ3v) is 3.93. The topological polar surface area (TPSA) is 88.0 Å². The van der Waals surface area contributed by atoms with E-state index in [0.717, 1.165) is 0 Å². The van der Waals surface area contributed by atoms with Gasteiger partial charge in [0.1, 0.15) is 0 Å². The van der Waals surface area contributed by atoms with Gasteiger partial charge in [-0.3, -0.25) is 4.79 Å². The van der Waals surface area contributed by atoms with Gasteiger partial charge in [-0.2, -0.15) is 0 Å². The fourth-order valence-electron chi connectivity index (χ4n) is 1.66. The van der Waals surface area contributed by atoms with Crippen LogP contribution < -0.4 is 10.8 Å². The number of amides is 1. The van der Waals surface area contributed by atoms with Crippen LogP contribution in [0.2, 0.25) is 0 Å². The van der Waals surface area contributed by atoms with Crippen molar-refractivity contribution < 1.29 is 24.3 Å². The van der Waals surface area contributed by atoms with Crippen LogP contribution in [0.15, 0.2) is 24.3 Å². The first kappa shape index (κ1) is 19.6. The SMILES string of the molecule is COCCNC(=O)c1ccc(B(O)OC(C)(C)C(C)(C)O)cc1. The summed E-state index contributed by atoms with van der Waals surface area (Å²) in [7, 11) is 0.374. The molecule has 1 aromatic carbocycles. The van der Waals surface area contributed by atoms with Crippen LogP contribution in [0.4, 0.5) is 0 Å². The highest BCUT2D eigenvalue weighted by Crippen LogP contribution is 2.25. The van der Waals surface area contributed by atoms with Gasteiger partial charge in [-0.15, -0.1) is 0 Å². The Balaban J connectivity index is 2.71. The Morgan fingerprint density at radius 1 is 1.22 bits per heavy atom. The smallest absolute Gasteiger partial charge is 0.423 e. The van der Waals surface area contributed by atoms with Gasteiger partial charge in [-0.25, -0.2) is 0 Å². The van der Waals surface area contributed by atoms with Gasteiger partial charge in [-0.05, 0) is 45.3 Å². The first-order chi connectivity index (χ1) is 10.6. The molecule has 0 fully saturated rings. The van der Waals surface area contributed by atoms with Crippen molar-refractivity contribution in [3.05, 3.63) is 29.8 Å². The zero-order valence-corrected chi connectivity index (χ0v) is 14.4. The molecule has 0 radical (unpaired) electrons. The molecule has 0 saturated heterocycles. The Kier molecular flexibility index (Phi) is 6.76. The number of methoxy groups -OCH3 is 1. The molecule has 3 N–H and O–H groups in total. The number of benzene rings is 1. The van der Waals surface area contributed by atoms with E-state index in [-0.39, 0.29) is 5.91 Å². The molecule has 0 aliphatic rings. The van der Waals surface area contributed by atoms with Crippen LogP contribution in [-0.4, -0.2) is 54.6 Å².